The SMILES string of the molecule is CCc1nc2sc(C(c3ccco3)N3CCc4ccccc4C3)c(O)n2n1. The zero-order valence-corrected chi connectivity index (χ0v) is 15.8. The minimum absolute atomic E-state index is 0.155. The molecule has 5 rings (SSSR count). The highest BCUT2D eigenvalue weighted by Crippen LogP contribution is 2.41. The van der Waals surface area contributed by atoms with Crippen LogP contribution in [0.3, 0.4) is 0 Å². The van der Waals surface area contributed by atoms with Crippen molar-refractivity contribution >= 4 is 16.3 Å². The number of hydrogen-bond acceptors (Lipinski definition) is 6. The second-order valence-electron chi connectivity index (χ2n) is 6.77. The van der Waals surface area contributed by atoms with Crippen molar-refractivity contribution in [3.05, 3.63) is 70.3 Å². The normalized spacial score (nSPS) is 15.9. The highest BCUT2D eigenvalue weighted by Gasteiger charge is 2.33. The van der Waals surface area contributed by atoms with Gasteiger partial charge in [-0.1, -0.05) is 42.5 Å². The average molecular weight is 380 g/mol. The first-order chi connectivity index (χ1) is 13.2. The summed E-state index contributed by atoms with van der Waals surface area (Å²) >= 11 is 1.48. The Kier molecular flexibility index (Phi) is 3.98. The van der Waals surface area contributed by atoms with E-state index >= 15 is 0 Å². The van der Waals surface area contributed by atoms with Gasteiger partial charge in [0.25, 0.3) is 0 Å². The molecule has 1 aromatic carbocycles. The van der Waals surface area contributed by atoms with Crippen LogP contribution in [0.1, 0.15) is 40.6 Å². The van der Waals surface area contributed by atoms with Gasteiger partial charge in [0.2, 0.25) is 10.8 Å². The van der Waals surface area contributed by atoms with Gasteiger partial charge in [0.1, 0.15) is 11.8 Å². The van der Waals surface area contributed by atoms with Gasteiger partial charge in [-0.2, -0.15) is 4.52 Å². The Morgan fingerprint density at radius 3 is 2.81 bits per heavy atom. The summed E-state index contributed by atoms with van der Waals surface area (Å²) in [7, 11) is 0. The van der Waals surface area contributed by atoms with E-state index in [0.717, 1.165) is 42.4 Å². The molecule has 0 amide bonds. The van der Waals surface area contributed by atoms with Gasteiger partial charge >= 0.3 is 0 Å². The Balaban J connectivity index is 1.59. The molecule has 0 saturated carbocycles. The van der Waals surface area contributed by atoms with E-state index < -0.39 is 0 Å². The molecule has 6 nitrogen and oxygen atoms in total. The average Bonchev–Trinajstić information content (AvgIpc) is 3.42. The Morgan fingerprint density at radius 1 is 1.22 bits per heavy atom. The van der Waals surface area contributed by atoms with Gasteiger partial charge < -0.3 is 9.52 Å². The van der Waals surface area contributed by atoms with Crippen molar-refractivity contribution in [3.63, 3.8) is 0 Å². The second-order valence-corrected chi connectivity index (χ2v) is 7.78. The van der Waals surface area contributed by atoms with Gasteiger partial charge in [0.05, 0.1) is 11.1 Å². The summed E-state index contributed by atoms with van der Waals surface area (Å²) in [5.41, 5.74) is 2.72. The Bertz CT molecular complexity index is 1080. The Labute approximate surface area is 160 Å². The molecule has 0 radical (unpaired) electrons. The van der Waals surface area contributed by atoms with Crippen molar-refractivity contribution in [1.82, 2.24) is 19.5 Å². The van der Waals surface area contributed by atoms with E-state index in [4.69, 9.17) is 4.42 Å². The zero-order valence-electron chi connectivity index (χ0n) is 15.0. The summed E-state index contributed by atoms with van der Waals surface area (Å²) in [5, 5.41) is 15.3. The van der Waals surface area contributed by atoms with Gasteiger partial charge in [-0.15, -0.1) is 5.10 Å². The minimum atomic E-state index is -0.160. The lowest BCUT2D eigenvalue weighted by molar-refractivity contribution is 0.185. The van der Waals surface area contributed by atoms with E-state index in [-0.39, 0.29) is 11.9 Å². The molecule has 27 heavy (non-hydrogen) atoms. The lowest BCUT2D eigenvalue weighted by Gasteiger charge is -2.34. The van der Waals surface area contributed by atoms with Crippen LogP contribution in [0, 0.1) is 0 Å². The van der Waals surface area contributed by atoms with Gasteiger partial charge in [0, 0.05) is 19.5 Å². The summed E-state index contributed by atoms with van der Waals surface area (Å²) in [6.07, 6.45) is 3.41. The molecule has 4 heterocycles. The van der Waals surface area contributed by atoms with E-state index in [9.17, 15) is 5.11 Å². The maximum absolute atomic E-state index is 10.9. The predicted molar refractivity (Wildman–Crippen MR) is 103 cm³/mol. The van der Waals surface area contributed by atoms with Crippen LogP contribution in [0.25, 0.3) is 4.96 Å². The number of aromatic nitrogens is 3. The molecule has 0 aliphatic carbocycles. The molecular weight excluding hydrogens is 360 g/mol. The first kappa shape index (κ1) is 16.5. The summed E-state index contributed by atoms with van der Waals surface area (Å²) in [6, 6.07) is 12.2. The van der Waals surface area contributed by atoms with Crippen molar-refractivity contribution in [2.45, 2.75) is 32.4 Å². The number of furan rings is 1. The number of hydrogen-bond donors (Lipinski definition) is 1. The van der Waals surface area contributed by atoms with E-state index in [1.807, 2.05) is 19.1 Å². The van der Waals surface area contributed by atoms with Crippen LogP contribution in [0.2, 0.25) is 0 Å². The van der Waals surface area contributed by atoms with Crippen molar-refractivity contribution in [2.75, 3.05) is 6.54 Å². The van der Waals surface area contributed by atoms with Crippen molar-refractivity contribution in [3.8, 4) is 5.88 Å². The van der Waals surface area contributed by atoms with Crippen molar-refractivity contribution in [1.29, 1.82) is 0 Å². The standard InChI is InChI=1S/C20H20N4O2S/c1-2-16-21-20-24(22-16)19(25)18(27-20)17(15-8-5-11-26-15)23-10-9-13-6-3-4-7-14(13)12-23/h3-8,11,17,25H,2,9-10,12H2,1H3. The van der Waals surface area contributed by atoms with Crippen LogP contribution < -0.4 is 0 Å². The fraction of sp³-hybridized carbons (Fsp3) is 0.300. The van der Waals surface area contributed by atoms with E-state index in [2.05, 4.69) is 39.2 Å². The quantitative estimate of drug-likeness (QED) is 0.583. The molecule has 7 heteroatoms. The summed E-state index contributed by atoms with van der Waals surface area (Å²) in [6.45, 7) is 3.72. The molecule has 4 aromatic rings. The van der Waals surface area contributed by atoms with E-state index in [1.165, 1.54) is 22.5 Å². The van der Waals surface area contributed by atoms with Crippen LogP contribution in [0.15, 0.2) is 47.1 Å². The van der Waals surface area contributed by atoms with Crippen molar-refractivity contribution < 1.29 is 9.52 Å². The maximum atomic E-state index is 10.9. The van der Waals surface area contributed by atoms with Gasteiger partial charge in [-0.3, -0.25) is 4.90 Å². The lowest BCUT2D eigenvalue weighted by Crippen LogP contribution is -2.34. The first-order valence-electron chi connectivity index (χ1n) is 9.16. The van der Waals surface area contributed by atoms with Crippen LogP contribution >= 0.6 is 11.3 Å². The summed E-state index contributed by atoms with van der Waals surface area (Å²) in [5.74, 6) is 1.72. The number of rotatable bonds is 4. The third kappa shape index (κ3) is 2.74. The molecule has 1 atom stereocenters. The van der Waals surface area contributed by atoms with Gasteiger partial charge in [-0.05, 0) is 29.7 Å². The largest absolute Gasteiger partial charge is 0.492 e. The third-order valence-electron chi connectivity index (χ3n) is 5.15. The molecule has 0 spiro atoms. The monoisotopic (exact) mass is 380 g/mol. The maximum Gasteiger partial charge on any atom is 0.230 e. The number of aromatic hydroxyl groups is 1. The predicted octanol–water partition coefficient (Wildman–Crippen LogP) is 3.80. The third-order valence-corrected chi connectivity index (χ3v) is 6.22. The number of thiazole rings is 1. The van der Waals surface area contributed by atoms with Gasteiger partial charge in [0.15, 0.2) is 5.82 Å². The topological polar surface area (TPSA) is 66.8 Å². The van der Waals surface area contributed by atoms with Crippen LogP contribution in [0.4, 0.5) is 0 Å². The minimum Gasteiger partial charge on any atom is -0.492 e. The summed E-state index contributed by atoms with van der Waals surface area (Å²) < 4.78 is 7.32. The number of benzene rings is 1. The molecule has 0 saturated heterocycles. The summed E-state index contributed by atoms with van der Waals surface area (Å²) in [4.78, 5) is 8.41. The lowest BCUT2D eigenvalue weighted by atomic mass is 9.97. The molecule has 3 aromatic heterocycles. The molecule has 1 aliphatic rings. The highest BCUT2D eigenvalue weighted by atomic mass is 32.1. The molecule has 0 bridgehead atoms. The van der Waals surface area contributed by atoms with Crippen LogP contribution in [0.5, 0.6) is 5.88 Å². The Morgan fingerprint density at radius 2 is 2.07 bits per heavy atom. The smallest absolute Gasteiger partial charge is 0.230 e. The first-order valence-corrected chi connectivity index (χ1v) is 9.97. The molecule has 1 N–H and O–H groups in total. The van der Waals surface area contributed by atoms with Crippen LogP contribution in [-0.2, 0) is 19.4 Å². The molecular formula is C20H20N4O2S. The number of aryl methyl sites for hydroxylation is 1. The van der Waals surface area contributed by atoms with Crippen LogP contribution in [-0.4, -0.2) is 31.1 Å². The fourth-order valence-electron chi connectivity index (χ4n) is 3.78. The number of nitrogens with zero attached hydrogens (tertiary/aromatic N) is 4. The van der Waals surface area contributed by atoms with E-state index in [0.29, 0.717) is 4.96 Å². The molecule has 1 unspecified atom stereocenters. The zero-order chi connectivity index (χ0) is 18.4. The fourth-order valence-corrected chi connectivity index (χ4v) is 4.89. The molecule has 1 aliphatic heterocycles. The Hall–Kier alpha value is -2.64. The molecule has 138 valence electrons. The van der Waals surface area contributed by atoms with Gasteiger partial charge in [-0.25, -0.2) is 4.98 Å². The number of fused-ring (bicyclic) bond motifs is 2. The molecule has 0 fully saturated rings. The van der Waals surface area contributed by atoms with Crippen molar-refractivity contribution in [2.24, 2.45) is 0 Å². The highest BCUT2D eigenvalue weighted by molar-refractivity contribution is 7.17. The second kappa shape index (κ2) is 6.51. The van der Waals surface area contributed by atoms with E-state index in [1.54, 1.807) is 10.8 Å².